The van der Waals surface area contributed by atoms with Crippen molar-refractivity contribution in [2.75, 3.05) is 23.1 Å². The van der Waals surface area contributed by atoms with Crippen molar-refractivity contribution in [3.8, 4) is 5.75 Å². The number of ether oxygens (including phenoxy) is 1. The highest BCUT2D eigenvalue weighted by Crippen LogP contribution is 2.29. The number of benzene rings is 3. The van der Waals surface area contributed by atoms with Crippen molar-refractivity contribution >= 4 is 40.0 Å². The monoisotopic (exact) mass is 434 g/mol. The number of carbonyl (C=O) groups is 2. The molecule has 162 valence electrons. The van der Waals surface area contributed by atoms with Crippen LogP contribution in [0.4, 0.5) is 26.2 Å². The van der Waals surface area contributed by atoms with Crippen molar-refractivity contribution in [2.24, 2.45) is 0 Å². The second-order valence-corrected chi connectivity index (χ2v) is 6.96. The first-order chi connectivity index (χ1) is 15.4. The maximum absolute atomic E-state index is 13.3. The zero-order chi connectivity index (χ0) is 22.7. The maximum atomic E-state index is 13.3. The van der Waals surface area contributed by atoms with E-state index in [0.29, 0.717) is 39.3 Å². The molecule has 4 aromatic rings. The first kappa shape index (κ1) is 20.9. The van der Waals surface area contributed by atoms with E-state index in [2.05, 4.69) is 21.1 Å². The SMILES string of the molecule is COc1ccc(C(=O)Nc2ccc(NC(=O)Nc3cccc(F)c3)c(C)c2)c2cnoc12. The largest absolute Gasteiger partial charge is 0.493 e. The Morgan fingerprint density at radius 2 is 1.81 bits per heavy atom. The van der Waals surface area contributed by atoms with E-state index in [1.807, 2.05) is 0 Å². The summed E-state index contributed by atoms with van der Waals surface area (Å²) in [6, 6.07) is 13.4. The minimum atomic E-state index is -0.511. The minimum absolute atomic E-state index is 0.337. The molecule has 0 radical (unpaired) electrons. The molecular formula is C23H19FN4O4. The van der Waals surface area contributed by atoms with Crippen molar-refractivity contribution in [2.45, 2.75) is 6.92 Å². The highest BCUT2D eigenvalue weighted by Gasteiger charge is 2.17. The molecule has 0 saturated carbocycles. The van der Waals surface area contributed by atoms with Crippen LogP contribution < -0.4 is 20.7 Å². The maximum Gasteiger partial charge on any atom is 0.323 e. The fraction of sp³-hybridized carbons (Fsp3) is 0.0870. The molecule has 9 heteroatoms. The number of halogens is 1. The van der Waals surface area contributed by atoms with Gasteiger partial charge in [-0.15, -0.1) is 0 Å². The van der Waals surface area contributed by atoms with Crippen LogP contribution in [0.15, 0.2) is 65.3 Å². The van der Waals surface area contributed by atoms with Gasteiger partial charge in [0.2, 0.25) is 5.58 Å². The molecule has 0 saturated heterocycles. The molecule has 0 bridgehead atoms. The van der Waals surface area contributed by atoms with Crippen LogP contribution in [0.5, 0.6) is 5.75 Å². The van der Waals surface area contributed by atoms with Gasteiger partial charge in [-0.1, -0.05) is 11.2 Å². The highest BCUT2D eigenvalue weighted by atomic mass is 19.1. The number of methoxy groups -OCH3 is 1. The van der Waals surface area contributed by atoms with E-state index in [0.717, 1.165) is 5.56 Å². The lowest BCUT2D eigenvalue weighted by Crippen LogP contribution is -2.20. The lowest BCUT2D eigenvalue weighted by molar-refractivity contribution is 0.102. The summed E-state index contributed by atoms with van der Waals surface area (Å²) < 4.78 is 23.7. The van der Waals surface area contributed by atoms with E-state index < -0.39 is 11.8 Å². The van der Waals surface area contributed by atoms with Crippen LogP contribution in [-0.4, -0.2) is 24.2 Å². The van der Waals surface area contributed by atoms with Gasteiger partial charge >= 0.3 is 6.03 Å². The Balaban J connectivity index is 1.46. The fourth-order valence-corrected chi connectivity index (χ4v) is 3.22. The number of anilines is 3. The average molecular weight is 434 g/mol. The third-order valence-corrected chi connectivity index (χ3v) is 4.77. The topological polar surface area (TPSA) is 105 Å². The predicted octanol–water partition coefficient (Wildman–Crippen LogP) is 5.18. The molecule has 0 aliphatic carbocycles. The number of urea groups is 1. The Morgan fingerprint density at radius 1 is 1.00 bits per heavy atom. The van der Waals surface area contributed by atoms with Gasteiger partial charge in [-0.25, -0.2) is 9.18 Å². The molecule has 0 atom stereocenters. The number of hydrogen-bond acceptors (Lipinski definition) is 5. The van der Waals surface area contributed by atoms with Crippen LogP contribution in [0.2, 0.25) is 0 Å². The molecule has 0 unspecified atom stereocenters. The predicted molar refractivity (Wildman–Crippen MR) is 119 cm³/mol. The molecular weight excluding hydrogens is 415 g/mol. The summed E-state index contributed by atoms with van der Waals surface area (Å²) in [5.41, 5.74) is 2.92. The summed E-state index contributed by atoms with van der Waals surface area (Å²) in [6.07, 6.45) is 1.46. The van der Waals surface area contributed by atoms with Gasteiger partial charge in [-0.2, -0.15) is 0 Å². The number of carbonyl (C=O) groups excluding carboxylic acids is 2. The summed E-state index contributed by atoms with van der Waals surface area (Å²) in [5, 5.41) is 12.4. The quantitative estimate of drug-likeness (QED) is 0.401. The van der Waals surface area contributed by atoms with Gasteiger partial charge < -0.3 is 25.2 Å². The second kappa shape index (κ2) is 8.76. The van der Waals surface area contributed by atoms with Gasteiger partial charge in [0.1, 0.15) is 5.82 Å². The third kappa shape index (κ3) is 4.36. The molecule has 0 aliphatic rings. The minimum Gasteiger partial charge on any atom is -0.493 e. The number of nitrogens with zero attached hydrogens (tertiary/aromatic N) is 1. The third-order valence-electron chi connectivity index (χ3n) is 4.77. The van der Waals surface area contributed by atoms with E-state index in [9.17, 15) is 14.0 Å². The molecule has 0 spiro atoms. The van der Waals surface area contributed by atoms with E-state index in [1.165, 1.54) is 31.5 Å². The molecule has 32 heavy (non-hydrogen) atoms. The van der Waals surface area contributed by atoms with Crippen LogP contribution in [-0.2, 0) is 0 Å². The number of aryl methyl sites for hydroxylation is 1. The van der Waals surface area contributed by atoms with Gasteiger partial charge in [0.15, 0.2) is 5.75 Å². The van der Waals surface area contributed by atoms with Crippen molar-refractivity contribution in [1.82, 2.24) is 5.16 Å². The number of rotatable bonds is 5. The van der Waals surface area contributed by atoms with Crippen molar-refractivity contribution in [1.29, 1.82) is 0 Å². The van der Waals surface area contributed by atoms with Crippen LogP contribution in [0.1, 0.15) is 15.9 Å². The van der Waals surface area contributed by atoms with E-state index in [-0.39, 0.29) is 5.91 Å². The molecule has 3 amide bonds. The van der Waals surface area contributed by atoms with Crippen LogP contribution in [0, 0.1) is 12.7 Å². The van der Waals surface area contributed by atoms with Gasteiger partial charge in [0, 0.05) is 17.1 Å². The van der Waals surface area contributed by atoms with Gasteiger partial charge in [0.25, 0.3) is 5.91 Å². The van der Waals surface area contributed by atoms with Crippen molar-refractivity contribution < 1.29 is 23.2 Å². The van der Waals surface area contributed by atoms with Crippen molar-refractivity contribution in [3.63, 3.8) is 0 Å². The standard InChI is InChI=1S/C23H19FN4O4/c1-13-10-16(6-8-19(13)28-23(30)27-15-5-3-4-14(24)11-15)26-22(29)17-7-9-20(31-2)21-18(17)12-25-32-21/h3-12H,1-2H3,(H,26,29)(H2,27,28,30). The Kier molecular flexibility index (Phi) is 5.71. The smallest absolute Gasteiger partial charge is 0.323 e. The molecule has 1 aromatic heterocycles. The Hall–Kier alpha value is -4.40. The zero-order valence-electron chi connectivity index (χ0n) is 17.2. The molecule has 1 heterocycles. The normalized spacial score (nSPS) is 10.6. The number of amides is 3. The van der Waals surface area contributed by atoms with E-state index >= 15 is 0 Å². The summed E-state index contributed by atoms with van der Waals surface area (Å²) in [7, 11) is 1.51. The fourth-order valence-electron chi connectivity index (χ4n) is 3.22. The summed E-state index contributed by atoms with van der Waals surface area (Å²) in [5.74, 6) is -0.305. The van der Waals surface area contributed by atoms with Crippen LogP contribution in [0.25, 0.3) is 11.0 Å². The Bertz CT molecular complexity index is 1320. The Labute approximate surface area is 182 Å². The molecule has 0 aliphatic heterocycles. The zero-order valence-corrected chi connectivity index (χ0v) is 17.2. The van der Waals surface area contributed by atoms with Crippen molar-refractivity contribution in [3.05, 3.63) is 77.7 Å². The van der Waals surface area contributed by atoms with Crippen LogP contribution >= 0.6 is 0 Å². The number of hydrogen-bond donors (Lipinski definition) is 3. The lowest BCUT2D eigenvalue weighted by Gasteiger charge is -2.12. The number of nitrogens with one attached hydrogen (secondary N) is 3. The van der Waals surface area contributed by atoms with Gasteiger partial charge in [-0.3, -0.25) is 4.79 Å². The van der Waals surface area contributed by atoms with E-state index in [1.54, 1.807) is 43.3 Å². The molecule has 8 nitrogen and oxygen atoms in total. The van der Waals surface area contributed by atoms with Gasteiger partial charge in [0.05, 0.1) is 24.3 Å². The second-order valence-electron chi connectivity index (χ2n) is 6.96. The van der Waals surface area contributed by atoms with Gasteiger partial charge in [-0.05, 0) is 61.0 Å². The highest BCUT2D eigenvalue weighted by molar-refractivity contribution is 6.13. The van der Waals surface area contributed by atoms with Crippen LogP contribution in [0.3, 0.4) is 0 Å². The summed E-state index contributed by atoms with van der Waals surface area (Å²) in [4.78, 5) is 25.0. The lowest BCUT2D eigenvalue weighted by atomic mass is 10.1. The molecule has 4 rings (SSSR count). The molecule has 3 N–H and O–H groups in total. The number of fused-ring (bicyclic) bond motifs is 1. The summed E-state index contributed by atoms with van der Waals surface area (Å²) >= 11 is 0. The number of aromatic nitrogens is 1. The Morgan fingerprint density at radius 3 is 2.56 bits per heavy atom. The molecule has 3 aromatic carbocycles. The first-order valence-corrected chi connectivity index (χ1v) is 9.61. The molecule has 0 fully saturated rings. The average Bonchev–Trinajstić information content (AvgIpc) is 3.25. The summed E-state index contributed by atoms with van der Waals surface area (Å²) in [6.45, 7) is 1.79. The van der Waals surface area contributed by atoms with E-state index in [4.69, 9.17) is 9.26 Å². The first-order valence-electron chi connectivity index (χ1n) is 9.61.